The van der Waals surface area contributed by atoms with E-state index in [0.717, 1.165) is 17.7 Å². The Hall–Kier alpha value is -3.77. The van der Waals surface area contributed by atoms with E-state index in [9.17, 15) is 27.9 Å². The van der Waals surface area contributed by atoms with E-state index in [1.54, 1.807) is 24.3 Å². The number of aliphatic hydroxyl groups excluding tert-OH is 1. The van der Waals surface area contributed by atoms with Gasteiger partial charge in [0, 0.05) is 36.8 Å². The normalized spacial score (nSPS) is 23.7. The topological polar surface area (TPSA) is 91.3 Å². The number of hydrogen-bond acceptors (Lipinski definition) is 6. The minimum Gasteiger partial charge on any atom is -0.392 e. The first-order valence-electron chi connectivity index (χ1n) is 15.0. The van der Waals surface area contributed by atoms with Crippen LogP contribution in [0.4, 0.5) is 18.9 Å². The van der Waals surface area contributed by atoms with E-state index < -0.39 is 30.3 Å². The van der Waals surface area contributed by atoms with Crippen LogP contribution in [0.15, 0.2) is 78.9 Å². The van der Waals surface area contributed by atoms with Crippen LogP contribution >= 0.6 is 0 Å². The number of amides is 2. The molecule has 0 radical (unpaired) electrons. The average molecular weight is 626 g/mol. The van der Waals surface area contributed by atoms with Crippen LogP contribution < -0.4 is 5.32 Å². The van der Waals surface area contributed by atoms with Gasteiger partial charge in [0.15, 0.2) is 6.29 Å². The molecule has 5 rings (SSSR count). The second kappa shape index (κ2) is 14.1. The number of carbonyl (C=O) groups excluding carboxylic acids is 2. The van der Waals surface area contributed by atoms with Gasteiger partial charge in [-0.1, -0.05) is 73.7 Å². The lowest BCUT2D eigenvalue weighted by Gasteiger charge is -2.42. The van der Waals surface area contributed by atoms with Gasteiger partial charge in [0.2, 0.25) is 5.91 Å². The molecule has 2 aliphatic rings. The van der Waals surface area contributed by atoms with E-state index in [4.69, 9.17) is 9.47 Å². The van der Waals surface area contributed by atoms with Crippen LogP contribution in [0.5, 0.6) is 0 Å². The molecule has 0 unspecified atom stereocenters. The number of ether oxygens (including phenoxy) is 2. The third-order valence-corrected chi connectivity index (χ3v) is 8.42. The molecule has 0 aromatic heterocycles. The van der Waals surface area contributed by atoms with Gasteiger partial charge in [0.05, 0.1) is 18.8 Å². The molecule has 5 atom stereocenters. The van der Waals surface area contributed by atoms with Crippen LogP contribution in [0.2, 0.25) is 0 Å². The lowest BCUT2D eigenvalue weighted by atomic mass is 9.90. The van der Waals surface area contributed by atoms with Crippen molar-refractivity contribution in [2.45, 2.75) is 63.6 Å². The maximum atomic E-state index is 13.0. The molecule has 0 aliphatic carbocycles. The average Bonchev–Trinajstić information content (AvgIpc) is 3.52. The largest absolute Gasteiger partial charge is 0.471 e. The van der Waals surface area contributed by atoms with Crippen molar-refractivity contribution in [3.63, 3.8) is 0 Å². The summed E-state index contributed by atoms with van der Waals surface area (Å²) >= 11 is 0. The summed E-state index contributed by atoms with van der Waals surface area (Å²) in [6.45, 7) is 3.31. The van der Waals surface area contributed by atoms with Crippen molar-refractivity contribution < 1.29 is 37.3 Å². The van der Waals surface area contributed by atoms with Gasteiger partial charge in [-0.05, 0) is 48.7 Å². The number of likely N-dealkylation sites (N-methyl/N-ethyl adjacent to an activating group) is 1. The Morgan fingerprint density at radius 1 is 0.956 bits per heavy atom. The van der Waals surface area contributed by atoms with Gasteiger partial charge < -0.3 is 24.8 Å². The molecular weight excluding hydrogens is 587 g/mol. The van der Waals surface area contributed by atoms with E-state index >= 15 is 0 Å². The summed E-state index contributed by atoms with van der Waals surface area (Å²) in [4.78, 5) is 27.5. The number of aliphatic hydroxyl groups is 1. The third-order valence-electron chi connectivity index (χ3n) is 8.42. The number of hydrogen-bond donors (Lipinski definition) is 2. The van der Waals surface area contributed by atoms with Gasteiger partial charge in [-0.2, -0.15) is 13.2 Å². The Morgan fingerprint density at radius 3 is 2.27 bits per heavy atom. The van der Waals surface area contributed by atoms with Gasteiger partial charge in [0.1, 0.15) is 6.04 Å². The summed E-state index contributed by atoms with van der Waals surface area (Å²) in [6.07, 6.45) is -5.77. The van der Waals surface area contributed by atoms with Gasteiger partial charge in [-0.15, -0.1) is 0 Å². The fourth-order valence-electron chi connectivity index (χ4n) is 5.99. The Bertz CT molecular complexity index is 1440. The third kappa shape index (κ3) is 7.91. The molecule has 8 nitrogen and oxygen atoms in total. The van der Waals surface area contributed by atoms with Gasteiger partial charge in [0.25, 0.3) is 0 Å². The van der Waals surface area contributed by atoms with Crippen LogP contribution in [0.1, 0.15) is 54.4 Å². The first-order valence-corrected chi connectivity index (χ1v) is 15.0. The zero-order valence-electron chi connectivity index (χ0n) is 25.2. The molecule has 0 bridgehead atoms. The summed E-state index contributed by atoms with van der Waals surface area (Å²) < 4.78 is 52.1. The minimum absolute atomic E-state index is 0.00761. The Morgan fingerprint density at radius 2 is 1.62 bits per heavy atom. The number of carbonyl (C=O) groups is 2. The Balaban J connectivity index is 1.31. The molecule has 2 fully saturated rings. The van der Waals surface area contributed by atoms with E-state index in [1.807, 2.05) is 49.5 Å². The summed E-state index contributed by atoms with van der Waals surface area (Å²) in [5.41, 5.74) is 4.04. The molecule has 3 aromatic carbocycles. The molecule has 2 heterocycles. The number of nitrogens with zero attached hydrogens (tertiary/aromatic N) is 2. The highest BCUT2D eigenvalue weighted by atomic mass is 19.4. The molecule has 2 N–H and O–H groups in total. The maximum absolute atomic E-state index is 13.0. The number of alkyl halides is 3. The lowest BCUT2D eigenvalue weighted by molar-refractivity contribution is -0.276. The van der Waals surface area contributed by atoms with Crippen LogP contribution in [0.25, 0.3) is 0 Å². The molecule has 2 amide bonds. The zero-order valence-corrected chi connectivity index (χ0v) is 25.2. The van der Waals surface area contributed by atoms with Crippen LogP contribution in [0.3, 0.4) is 0 Å². The van der Waals surface area contributed by atoms with Crippen LogP contribution in [-0.4, -0.2) is 65.2 Å². The van der Waals surface area contributed by atoms with Crippen molar-refractivity contribution in [2.24, 2.45) is 5.92 Å². The second-order valence-electron chi connectivity index (χ2n) is 11.8. The number of nitrogens with one attached hydrogen (secondary N) is 1. The Kier molecular flexibility index (Phi) is 10.2. The molecule has 11 heteroatoms. The standard InChI is InChI=1S/C34H38F3N3O5/c1-22-29(20-39(2)19-23-7-4-3-5-8-23)44-32(45-30(22)25-12-10-24(21-41)11-13-25)26-14-16-27(17-15-26)38-31(42)28-9-6-18-40(28)33(43)34(35,36)37/h3-5,7-8,10-17,22,28-30,32,41H,6,9,18-21H2,1-2H3,(H,38,42)/t22-,28+,29+,30+,32+/m1/s1. The monoisotopic (exact) mass is 625 g/mol. The molecule has 0 spiro atoms. The summed E-state index contributed by atoms with van der Waals surface area (Å²) in [5.74, 6) is -2.67. The van der Waals surface area contributed by atoms with Crippen LogP contribution in [-0.2, 0) is 32.2 Å². The fourth-order valence-corrected chi connectivity index (χ4v) is 5.99. The smallest absolute Gasteiger partial charge is 0.392 e. The predicted octanol–water partition coefficient (Wildman–Crippen LogP) is 5.59. The van der Waals surface area contributed by atoms with E-state index in [0.29, 0.717) is 29.1 Å². The van der Waals surface area contributed by atoms with E-state index in [1.165, 1.54) is 5.56 Å². The van der Waals surface area contributed by atoms with Crippen molar-refractivity contribution in [3.8, 4) is 0 Å². The lowest BCUT2D eigenvalue weighted by Crippen LogP contribution is -2.48. The molecule has 3 aromatic rings. The highest BCUT2D eigenvalue weighted by Gasteiger charge is 2.47. The minimum atomic E-state index is -5.03. The van der Waals surface area contributed by atoms with Crippen molar-refractivity contribution >= 4 is 17.5 Å². The summed E-state index contributed by atoms with van der Waals surface area (Å²) in [6, 6.07) is 23.4. The fraction of sp³-hybridized carbons (Fsp3) is 0.412. The van der Waals surface area contributed by atoms with Crippen molar-refractivity contribution in [2.75, 3.05) is 25.5 Å². The summed E-state index contributed by atoms with van der Waals surface area (Å²) in [5, 5.41) is 12.2. The first-order chi connectivity index (χ1) is 21.5. The number of anilines is 1. The molecular formula is C34H38F3N3O5. The van der Waals surface area contributed by atoms with E-state index in [-0.39, 0.29) is 37.7 Å². The zero-order chi connectivity index (χ0) is 32.1. The summed E-state index contributed by atoms with van der Waals surface area (Å²) in [7, 11) is 2.05. The molecule has 0 saturated carbocycles. The molecule has 2 aliphatic heterocycles. The van der Waals surface area contributed by atoms with Crippen molar-refractivity contribution in [1.29, 1.82) is 0 Å². The molecule has 2 saturated heterocycles. The van der Waals surface area contributed by atoms with Gasteiger partial charge >= 0.3 is 12.1 Å². The Labute approximate surface area is 260 Å². The highest BCUT2D eigenvalue weighted by molar-refractivity contribution is 5.98. The number of rotatable bonds is 9. The number of halogens is 3. The molecule has 45 heavy (non-hydrogen) atoms. The quantitative estimate of drug-likeness (QED) is 0.322. The van der Waals surface area contributed by atoms with Gasteiger partial charge in [-0.25, -0.2) is 0 Å². The highest BCUT2D eigenvalue weighted by Crippen LogP contribution is 2.42. The molecule has 240 valence electrons. The van der Waals surface area contributed by atoms with Crippen molar-refractivity contribution in [1.82, 2.24) is 9.80 Å². The second-order valence-corrected chi connectivity index (χ2v) is 11.8. The van der Waals surface area contributed by atoms with Crippen LogP contribution in [0, 0.1) is 5.92 Å². The first kappa shape index (κ1) is 32.6. The van der Waals surface area contributed by atoms with Gasteiger partial charge in [-0.3, -0.25) is 14.5 Å². The number of benzene rings is 3. The van der Waals surface area contributed by atoms with E-state index in [2.05, 4.69) is 29.3 Å². The number of likely N-dealkylation sites (tertiary alicyclic amines) is 1. The maximum Gasteiger partial charge on any atom is 0.471 e. The SMILES string of the molecule is C[C@@H]1[C@H](CN(C)Cc2ccccc2)O[C@H](c2ccc(NC(=O)[C@@H]3CCCN3C(=O)C(F)(F)F)cc2)O[C@@H]1c1ccc(CO)cc1. The van der Waals surface area contributed by atoms with Crippen molar-refractivity contribution in [3.05, 3.63) is 101 Å². The predicted molar refractivity (Wildman–Crippen MR) is 162 cm³/mol.